The SMILES string of the molecule is CC(C)(C)Cc1noc(N)c1[N+](=O)[O-]. The highest BCUT2D eigenvalue weighted by Crippen LogP contribution is 2.30. The maximum absolute atomic E-state index is 10.6. The molecule has 1 rings (SSSR count). The molecule has 1 aromatic rings. The quantitative estimate of drug-likeness (QED) is 0.578. The molecule has 0 atom stereocenters. The van der Waals surface area contributed by atoms with Crippen LogP contribution in [0.3, 0.4) is 0 Å². The molecule has 2 N–H and O–H groups in total. The predicted molar refractivity (Wildman–Crippen MR) is 50.7 cm³/mol. The van der Waals surface area contributed by atoms with Crippen molar-refractivity contribution in [3.63, 3.8) is 0 Å². The molecule has 14 heavy (non-hydrogen) atoms. The van der Waals surface area contributed by atoms with Crippen molar-refractivity contribution < 1.29 is 9.45 Å². The van der Waals surface area contributed by atoms with E-state index in [9.17, 15) is 10.1 Å². The minimum absolute atomic E-state index is 0.0892. The van der Waals surface area contributed by atoms with Gasteiger partial charge in [0.2, 0.25) is 0 Å². The van der Waals surface area contributed by atoms with Crippen molar-refractivity contribution >= 4 is 11.6 Å². The molecular weight excluding hydrogens is 186 g/mol. The van der Waals surface area contributed by atoms with Crippen LogP contribution in [-0.4, -0.2) is 10.1 Å². The van der Waals surface area contributed by atoms with E-state index in [1.165, 1.54) is 0 Å². The van der Waals surface area contributed by atoms with Crippen LogP contribution in [0.1, 0.15) is 26.5 Å². The van der Waals surface area contributed by atoms with Gasteiger partial charge in [0.15, 0.2) is 5.69 Å². The Morgan fingerprint density at radius 3 is 2.57 bits per heavy atom. The largest absolute Gasteiger partial charge is 0.362 e. The molecule has 78 valence electrons. The van der Waals surface area contributed by atoms with Gasteiger partial charge in [0.05, 0.1) is 4.92 Å². The number of aromatic nitrogens is 1. The topological polar surface area (TPSA) is 95.2 Å². The van der Waals surface area contributed by atoms with Gasteiger partial charge in [-0.15, -0.1) is 0 Å². The second kappa shape index (κ2) is 3.28. The normalized spacial score (nSPS) is 11.6. The number of nitro groups is 1. The Bertz CT molecular complexity index is 351. The average molecular weight is 199 g/mol. The first kappa shape index (κ1) is 10.5. The second-order valence-corrected chi connectivity index (χ2v) is 4.34. The molecule has 0 radical (unpaired) electrons. The highest BCUT2D eigenvalue weighted by Gasteiger charge is 2.28. The fourth-order valence-electron chi connectivity index (χ4n) is 1.15. The molecule has 1 aromatic heterocycles. The minimum atomic E-state index is -0.563. The minimum Gasteiger partial charge on any atom is -0.362 e. The lowest BCUT2D eigenvalue weighted by molar-refractivity contribution is -0.385. The maximum Gasteiger partial charge on any atom is 0.355 e. The zero-order chi connectivity index (χ0) is 10.9. The molecular formula is C8H13N3O3. The lowest BCUT2D eigenvalue weighted by atomic mass is 9.90. The zero-order valence-electron chi connectivity index (χ0n) is 8.40. The van der Waals surface area contributed by atoms with Crippen LogP contribution in [0.5, 0.6) is 0 Å². The first-order valence-electron chi connectivity index (χ1n) is 4.19. The Labute approximate surface area is 81.2 Å². The lowest BCUT2D eigenvalue weighted by Gasteiger charge is -2.14. The predicted octanol–water partition coefficient (Wildman–Crippen LogP) is 1.75. The first-order valence-corrected chi connectivity index (χ1v) is 4.19. The first-order chi connectivity index (χ1) is 6.31. The van der Waals surface area contributed by atoms with Gasteiger partial charge in [0, 0.05) is 6.42 Å². The van der Waals surface area contributed by atoms with Crippen LogP contribution in [0, 0.1) is 15.5 Å². The second-order valence-electron chi connectivity index (χ2n) is 4.34. The van der Waals surface area contributed by atoms with Crippen LogP contribution in [0.4, 0.5) is 11.6 Å². The van der Waals surface area contributed by atoms with E-state index < -0.39 is 4.92 Å². The highest BCUT2D eigenvalue weighted by molar-refractivity contribution is 5.52. The van der Waals surface area contributed by atoms with Crippen LogP contribution < -0.4 is 5.73 Å². The Hall–Kier alpha value is -1.59. The number of rotatable bonds is 2. The van der Waals surface area contributed by atoms with E-state index in [4.69, 9.17) is 5.73 Å². The molecule has 0 amide bonds. The average Bonchev–Trinajstić information content (AvgIpc) is 2.27. The maximum atomic E-state index is 10.6. The smallest absolute Gasteiger partial charge is 0.355 e. The van der Waals surface area contributed by atoms with Gasteiger partial charge in [-0.3, -0.25) is 10.1 Å². The van der Waals surface area contributed by atoms with E-state index >= 15 is 0 Å². The molecule has 0 aliphatic rings. The Morgan fingerprint density at radius 2 is 2.14 bits per heavy atom. The van der Waals surface area contributed by atoms with Gasteiger partial charge in [0.1, 0.15) is 0 Å². The van der Waals surface area contributed by atoms with Crippen LogP contribution in [0.2, 0.25) is 0 Å². The number of nitrogens with zero attached hydrogens (tertiary/aromatic N) is 2. The van der Waals surface area contributed by atoms with Gasteiger partial charge in [-0.05, 0) is 5.41 Å². The molecule has 0 aliphatic heterocycles. The Morgan fingerprint density at radius 1 is 1.57 bits per heavy atom. The fourth-order valence-corrected chi connectivity index (χ4v) is 1.15. The summed E-state index contributed by atoms with van der Waals surface area (Å²) in [5, 5.41) is 14.2. The summed E-state index contributed by atoms with van der Waals surface area (Å²) >= 11 is 0. The van der Waals surface area contributed by atoms with E-state index in [1.807, 2.05) is 20.8 Å². The standard InChI is InChI=1S/C8H13N3O3/c1-8(2,3)4-5-6(11(12)13)7(9)14-10-5/h4,9H2,1-3H3. The monoisotopic (exact) mass is 199 g/mol. The van der Waals surface area contributed by atoms with Gasteiger partial charge in [-0.2, -0.15) is 0 Å². The number of hydrogen-bond acceptors (Lipinski definition) is 5. The van der Waals surface area contributed by atoms with Crippen molar-refractivity contribution in [1.29, 1.82) is 0 Å². The van der Waals surface area contributed by atoms with Gasteiger partial charge >= 0.3 is 11.6 Å². The molecule has 0 saturated heterocycles. The molecule has 0 aromatic carbocycles. The third kappa shape index (κ3) is 2.21. The molecule has 6 nitrogen and oxygen atoms in total. The zero-order valence-corrected chi connectivity index (χ0v) is 8.40. The number of nitrogens with two attached hydrogens (primary N) is 1. The van der Waals surface area contributed by atoms with E-state index in [0.29, 0.717) is 12.1 Å². The summed E-state index contributed by atoms with van der Waals surface area (Å²) in [6.45, 7) is 5.88. The number of nitrogen functional groups attached to an aromatic ring is 1. The molecule has 0 spiro atoms. The highest BCUT2D eigenvalue weighted by atomic mass is 16.6. The summed E-state index contributed by atoms with van der Waals surface area (Å²) in [6.07, 6.45) is 0.462. The van der Waals surface area contributed by atoms with E-state index in [0.717, 1.165) is 0 Å². The van der Waals surface area contributed by atoms with Crippen molar-refractivity contribution in [1.82, 2.24) is 5.16 Å². The van der Waals surface area contributed by atoms with Crippen LogP contribution >= 0.6 is 0 Å². The molecule has 0 bridgehead atoms. The van der Waals surface area contributed by atoms with Crippen molar-refractivity contribution in [2.24, 2.45) is 5.41 Å². The molecule has 0 aliphatic carbocycles. The van der Waals surface area contributed by atoms with Gasteiger partial charge in [0.25, 0.3) is 0 Å². The van der Waals surface area contributed by atoms with Crippen molar-refractivity contribution in [2.75, 3.05) is 5.73 Å². The van der Waals surface area contributed by atoms with Crippen LogP contribution in [0.15, 0.2) is 4.52 Å². The summed E-state index contributed by atoms with van der Waals surface area (Å²) < 4.78 is 4.59. The third-order valence-corrected chi connectivity index (χ3v) is 1.64. The van der Waals surface area contributed by atoms with Gasteiger partial charge in [-0.25, -0.2) is 0 Å². The molecule has 0 unspecified atom stereocenters. The molecule has 1 heterocycles. The van der Waals surface area contributed by atoms with E-state index in [1.54, 1.807) is 0 Å². The third-order valence-electron chi connectivity index (χ3n) is 1.64. The fraction of sp³-hybridized carbons (Fsp3) is 0.625. The van der Waals surface area contributed by atoms with E-state index in [2.05, 4.69) is 9.68 Å². The summed E-state index contributed by atoms with van der Waals surface area (Å²) in [7, 11) is 0. The molecule has 6 heteroatoms. The van der Waals surface area contributed by atoms with Gasteiger partial charge < -0.3 is 10.3 Å². The summed E-state index contributed by atoms with van der Waals surface area (Å²) in [4.78, 5) is 10.1. The van der Waals surface area contributed by atoms with Crippen molar-refractivity contribution in [3.8, 4) is 0 Å². The molecule has 0 saturated carbocycles. The van der Waals surface area contributed by atoms with Crippen molar-refractivity contribution in [2.45, 2.75) is 27.2 Å². The number of anilines is 1. The molecule has 0 fully saturated rings. The summed E-state index contributed by atoms with van der Waals surface area (Å²) in [5.74, 6) is -0.228. The van der Waals surface area contributed by atoms with E-state index in [-0.39, 0.29) is 17.0 Å². The van der Waals surface area contributed by atoms with Crippen LogP contribution in [0.25, 0.3) is 0 Å². The Balaban J connectivity index is 3.04. The number of hydrogen-bond donors (Lipinski definition) is 1. The van der Waals surface area contributed by atoms with Crippen molar-refractivity contribution in [3.05, 3.63) is 15.8 Å². The van der Waals surface area contributed by atoms with Gasteiger partial charge in [-0.1, -0.05) is 25.9 Å². The lowest BCUT2D eigenvalue weighted by Crippen LogP contribution is -2.10. The Kier molecular flexibility index (Phi) is 2.46. The summed E-state index contributed by atoms with van der Waals surface area (Å²) in [5.41, 5.74) is 5.30. The summed E-state index contributed by atoms with van der Waals surface area (Å²) in [6, 6.07) is 0. The van der Waals surface area contributed by atoms with Crippen LogP contribution in [-0.2, 0) is 6.42 Å².